The number of amides is 2. The van der Waals surface area contributed by atoms with Crippen molar-refractivity contribution in [2.45, 2.75) is 25.9 Å². The molecule has 1 heterocycles. The van der Waals surface area contributed by atoms with Gasteiger partial charge in [0.1, 0.15) is 0 Å². The molecule has 0 saturated carbocycles. The Kier molecular flexibility index (Phi) is 6.74. The predicted molar refractivity (Wildman–Crippen MR) is 89.1 cm³/mol. The minimum absolute atomic E-state index is 0.0520. The van der Waals surface area contributed by atoms with Crippen molar-refractivity contribution in [3.05, 3.63) is 29.8 Å². The van der Waals surface area contributed by atoms with E-state index in [-0.39, 0.29) is 29.4 Å². The number of benzene rings is 1. The van der Waals surface area contributed by atoms with Crippen LogP contribution in [0.25, 0.3) is 0 Å². The second-order valence-electron chi connectivity index (χ2n) is 5.35. The van der Waals surface area contributed by atoms with E-state index in [9.17, 15) is 9.59 Å². The third-order valence-corrected chi connectivity index (χ3v) is 4.25. The summed E-state index contributed by atoms with van der Waals surface area (Å²) in [5.74, 6) is 0.404. The van der Waals surface area contributed by atoms with E-state index in [4.69, 9.17) is 4.74 Å². The number of carbonyl (C=O) groups excluding carboxylic acids is 2. The number of ether oxygens (including phenoxy) is 1. The highest BCUT2D eigenvalue weighted by molar-refractivity contribution is 8.00. The lowest BCUT2D eigenvalue weighted by Crippen LogP contribution is -2.33. The Morgan fingerprint density at radius 2 is 2.14 bits per heavy atom. The maximum Gasteiger partial charge on any atom is 0.234 e. The Hall–Kier alpha value is -1.53. The lowest BCUT2D eigenvalue weighted by molar-refractivity contribution is -0.119. The van der Waals surface area contributed by atoms with Crippen molar-refractivity contribution < 1.29 is 14.3 Å². The maximum absolute atomic E-state index is 11.8. The van der Waals surface area contributed by atoms with Crippen LogP contribution in [0.2, 0.25) is 0 Å². The van der Waals surface area contributed by atoms with Gasteiger partial charge in [-0.2, -0.15) is 0 Å². The van der Waals surface area contributed by atoms with Gasteiger partial charge in [-0.1, -0.05) is 12.1 Å². The van der Waals surface area contributed by atoms with Crippen LogP contribution in [0.3, 0.4) is 0 Å². The highest BCUT2D eigenvalue weighted by atomic mass is 32.2. The van der Waals surface area contributed by atoms with Crippen LogP contribution >= 0.6 is 11.8 Å². The Balaban J connectivity index is 1.59. The van der Waals surface area contributed by atoms with Crippen molar-refractivity contribution >= 4 is 29.3 Å². The summed E-state index contributed by atoms with van der Waals surface area (Å²) in [6.45, 7) is 3.33. The summed E-state index contributed by atoms with van der Waals surface area (Å²) < 4.78 is 5.44. The van der Waals surface area contributed by atoms with Crippen LogP contribution in [0.4, 0.5) is 5.69 Å². The first-order valence-corrected chi connectivity index (χ1v) is 8.61. The Morgan fingerprint density at radius 1 is 1.32 bits per heavy atom. The van der Waals surface area contributed by atoms with Gasteiger partial charge in [0.25, 0.3) is 0 Å². The number of anilines is 1. The van der Waals surface area contributed by atoms with Gasteiger partial charge in [0.15, 0.2) is 0 Å². The van der Waals surface area contributed by atoms with Gasteiger partial charge in [-0.3, -0.25) is 9.59 Å². The van der Waals surface area contributed by atoms with Gasteiger partial charge < -0.3 is 15.4 Å². The summed E-state index contributed by atoms with van der Waals surface area (Å²) in [6.07, 6.45) is 2.22. The first-order chi connectivity index (χ1) is 10.6. The van der Waals surface area contributed by atoms with Crippen LogP contribution in [-0.2, 0) is 14.3 Å². The summed E-state index contributed by atoms with van der Waals surface area (Å²) in [5, 5.41) is 5.66. The topological polar surface area (TPSA) is 67.4 Å². The molecule has 22 heavy (non-hydrogen) atoms. The van der Waals surface area contributed by atoms with Crippen molar-refractivity contribution in [1.29, 1.82) is 0 Å². The van der Waals surface area contributed by atoms with Crippen LogP contribution in [0.15, 0.2) is 24.3 Å². The summed E-state index contributed by atoms with van der Waals surface area (Å²) in [4.78, 5) is 23.5. The van der Waals surface area contributed by atoms with Gasteiger partial charge in [0.05, 0.1) is 17.6 Å². The summed E-state index contributed by atoms with van der Waals surface area (Å²) >= 11 is 1.31. The summed E-state index contributed by atoms with van der Waals surface area (Å²) in [5.41, 5.74) is 1.88. The fourth-order valence-corrected chi connectivity index (χ4v) is 2.89. The molecule has 1 saturated heterocycles. The zero-order valence-corrected chi connectivity index (χ0v) is 13.6. The van der Waals surface area contributed by atoms with E-state index in [0.717, 1.165) is 30.7 Å². The lowest BCUT2D eigenvalue weighted by Gasteiger charge is -2.10. The van der Waals surface area contributed by atoms with Gasteiger partial charge in [0.2, 0.25) is 11.8 Å². The van der Waals surface area contributed by atoms with Crippen molar-refractivity contribution in [2.75, 3.05) is 30.0 Å². The molecule has 1 fully saturated rings. The quantitative estimate of drug-likeness (QED) is 0.805. The highest BCUT2D eigenvalue weighted by Crippen LogP contribution is 2.11. The molecule has 0 radical (unpaired) electrons. The Morgan fingerprint density at radius 3 is 2.86 bits per heavy atom. The van der Waals surface area contributed by atoms with Crippen molar-refractivity contribution in [3.8, 4) is 0 Å². The van der Waals surface area contributed by atoms with Crippen LogP contribution in [0.5, 0.6) is 0 Å². The monoisotopic (exact) mass is 322 g/mol. The van der Waals surface area contributed by atoms with E-state index < -0.39 is 0 Å². The number of rotatable bonds is 7. The molecule has 0 bridgehead atoms. The van der Waals surface area contributed by atoms with Crippen LogP contribution in [-0.4, -0.2) is 42.6 Å². The Labute approximate surface area is 135 Å². The highest BCUT2D eigenvalue weighted by Gasteiger charge is 2.16. The van der Waals surface area contributed by atoms with Crippen LogP contribution in [0.1, 0.15) is 18.4 Å². The number of hydrogen-bond acceptors (Lipinski definition) is 4. The molecule has 120 valence electrons. The molecule has 0 spiro atoms. The maximum atomic E-state index is 11.8. The Bertz CT molecular complexity index is 516. The second kappa shape index (κ2) is 8.80. The zero-order valence-electron chi connectivity index (χ0n) is 12.8. The molecule has 2 rings (SSSR count). The van der Waals surface area contributed by atoms with Crippen LogP contribution < -0.4 is 10.6 Å². The molecular formula is C16H22N2O3S. The van der Waals surface area contributed by atoms with Crippen molar-refractivity contribution in [3.63, 3.8) is 0 Å². The van der Waals surface area contributed by atoms with Gasteiger partial charge >= 0.3 is 0 Å². The molecule has 0 aromatic heterocycles. The first kappa shape index (κ1) is 16.8. The summed E-state index contributed by atoms with van der Waals surface area (Å²) in [6, 6.07) is 7.64. The smallest absolute Gasteiger partial charge is 0.234 e. The third-order valence-electron chi connectivity index (χ3n) is 3.32. The number of aryl methyl sites for hydroxylation is 1. The van der Waals surface area contributed by atoms with E-state index in [2.05, 4.69) is 10.6 Å². The van der Waals surface area contributed by atoms with E-state index in [1.807, 2.05) is 31.2 Å². The molecule has 1 atom stereocenters. The van der Waals surface area contributed by atoms with E-state index >= 15 is 0 Å². The number of hydrogen-bond donors (Lipinski definition) is 2. The number of thioether (sulfide) groups is 1. The lowest BCUT2D eigenvalue weighted by atomic mass is 10.2. The van der Waals surface area contributed by atoms with Crippen LogP contribution in [0, 0.1) is 6.92 Å². The third kappa shape index (κ3) is 6.07. The van der Waals surface area contributed by atoms with Crippen molar-refractivity contribution in [1.82, 2.24) is 5.32 Å². The first-order valence-electron chi connectivity index (χ1n) is 7.46. The van der Waals surface area contributed by atoms with Gasteiger partial charge in [-0.15, -0.1) is 11.8 Å². The molecule has 2 amide bonds. The molecule has 1 unspecified atom stereocenters. The fourth-order valence-electron chi connectivity index (χ4n) is 2.24. The number of carbonyl (C=O) groups is 2. The SMILES string of the molecule is Cc1cccc(NC(=O)CSCC(=O)NCC2CCCO2)c1. The minimum Gasteiger partial charge on any atom is -0.376 e. The molecule has 1 aliphatic rings. The molecule has 0 aliphatic carbocycles. The predicted octanol–water partition coefficient (Wildman–Crippen LogP) is 1.96. The van der Waals surface area contributed by atoms with Gasteiger partial charge in [-0.25, -0.2) is 0 Å². The average Bonchev–Trinajstić information content (AvgIpc) is 2.98. The molecule has 2 N–H and O–H groups in total. The molecule has 1 aromatic rings. The van der Waals surface area contributed by atoms with Gasteiger partial charge in [0, 0.05) is 18.8 Å². The molecule has 1 aromatic carbocycles. The molecule has 6 heteroatoms. The number of nitrogens with one attached hydrogen (secondary N) is 2. The molecule has 5 nitrogen and oxygen atoms in total. The molecule has 1 aliphatic heterocycles. The normalized spacial score (nSPS) is 17.2. The summed E-state index contributed by atoms with van der Waals surface area (Å²) in [7, 11) is 0. The van der Waals surface area contributed by atoms with Gasteiger partial charge in [-0.05, 0) is 37.5 Å². The van der Waals surface area contributed by atoms with E-state index in [1.54, 1.807) is 0 Å². The molecular weight excluding hydrogens is 300 g/mol. The zero-order chi connectivity index (χ0) is 15.8. The van der Waals surface area contributed by atoms with Crippen molar-refractivity contribution in [2.24, 2.45) is 0 Å². The average molecular weight is 322 g/mol. The van der Waals surface area contributed by atoms with E-state index in [0.29, 0.717) is 6.54 Å². The van der Waals surface area contributed by atoms with E-state index in [1.165, 1.54) is 11.8 Å². The second-order valence-corrected chi connectivity index (χ2v) is 6.34. The minimum atomic E-state index is -0.0949. The standard InChI is InChI=1S/C16H22N2O3S/c1-12-4-2-5-13(8-12)18-16(20)11-22-10-15(19)17-9-14-6-3-7-21-14/h2,4-5,8,14H,3,6-7,9-11H2,1H3,(H,17,19)(H,18,20). The fraction of sp³-hybridized carbons (Fsp3) is 0.500. The largest absolute Gasteiger partial charge is 0.376 e.